The lowest BCUT2D eigenvalue weighted by atomic mass is 10.0. The summed E-state index contributed by atoms with van der Waals surface area (Å²) in [5, 5.41) is 12.8. The molecule has 1 unspecified atom stereocenters. The van der Waals surface area contributed by atoms with Crippen molar-refractivity contribution in [2.45, 2.75) is 25.4 Å². The van der Waals surface area contributed by atoms with E-state index in [4.69, 9.17) is 0 Å². The van der Waals surface area contributed by atoms with Gasteiger partial charge in [0.2, 0.25) is 0 Å². The van der Waals surface area contributed by atoms with E-state index in [1.165, 1.54) is 0 Å². The molecule has 3 rings (SSSR count). The van der Waals surface area contributed by atoms with Gasteiger partial charge in [-0.25, -0.2) is 9.97 Å². The second-order valence-electron chi connectivity index (χ2n) is 3.61. The summed E-state index contributed by atoms with van der Waals surface area (Å²) in [6.45, 7) is 0. The molecule has 0 spiro atoms. The third kappa shape index (κ3) is 1.60. The molecule has 15 heavy (non-hydrogen) atoms. The fourth-order valence-electron chi connectivity index (χ4n) is 1.82. The van der Waals surface area contributed by atoms with Gasteiger partial charge in [0, 0.05) is 5.38 Å². The Kier molecular flexibility index (Phi) is 2.31. The van der Waals surface area contributed by atoms with Crippen LogP contribution in [0.4, 0.5) is 0 Å². The number of aromatic nitrogens is 2. The number of aliphatic hydroxyl groups excluding tert-OH is 1. The van der Waals surface area contributed by atoms with Crippen molar-refractivity contribution in [3.05, 3.63) is 21.5 Å². The lowest BCUT2D eigenvalue weighted by Gasteiger charge is -2.14. The molecule has 0 amide bonds. The first kappa shape index (κ1) is 9.45. The van der Waals surface area contributed by atoms with Gasteiger partial charge in [0.05, 0.1) is 22.2 Å². The quantitative estimate of drug-likeness (QED) is 0.830. The van der Waals surface area contributed by atoms with Gasteiger partial charge in [0.1, 0.15) is 10.7 Å². The number of aliphatic hydroxyl groups is 1. The Labute approximate surface area is 95.5 Å². The standard InChI is InChI=1S/C10H10N2OS2/c13-8-3-1-2-6-9(8)15-10(12-6)7-4-14-5-11-7/h4-5,8,13H,1-3H2. The molecule has 1 aliphatic carbocycles. The smallest absolute Gasteiger partial charge is 0.143 e. The van der Waals surface area contributed by atoms with Gasteiger partial charge in [-0.3, -0.25) is 0 Å². The molecule has 1 aliphatic rings. The average molecular weight is 238 g/mol. The molecular weight excluding hydrogens is 228 g/mol. The molecule has 0 saturated carbocycles. The second-order valence-corrected chi connectivity index (χ2v) is 5.36. The Morgan fingerprint density at radius 1 is 1.47 bits per heavy atom. The van der Waals surface area contributed by atoms with Gasteiger partial charge in [-0.15, -0.1) is 22.7 Å². The van der Waals surface area contributed by atoms with Crippen molar-refractivity contribution >= 4 is 22.7 Å². The first-order valence-electron chi connectivity index (χ1n) is 4.91. The number of fused-ring (bicyclic) bond motifs is 1. The maximum absolute atomic E-state index is 9.82. The van der Waals surface area contributed by atoms with E-state index in [0.717, 1.165) is 40.5 Å². The summed E-state index contributed by atoms with van der Waals surface area (Å²) < 4.78 is 0. The molecule has 2 aromatic rings. The summed E-state index contributed by atoms with van der Waals surface area (Å²) in [6.07, 6.45) is 2.59. The summed E-state index contributed by atoms with van der Waals surface area (Å²) >= 11 is 3.16. The van der Waals surface area contributed by atoms with Crippen molar-refractivity contribution in [2.24, 2.45) is 0 Å². The molecule has 0 fully saturated rings. The SMILES string of the molecule is OC1CCCc2nc(-c3cscn3)sc21. The number of hydrogen-bond donors (Lipinski definition) is 1. The van der Waals surface area contributed by atoms with Crippen LogP contribution in [0.3, 0.4) is 0 Å². The zero-order valence-electron chi connectivity index (χ0n) is 8.01. The van der Waals surface area contributed by atoms with Crippen molar-refractivity contribution in [2.75, 3.05) is 0 Å². The van der Waals surface area contributed by atoms with Crippen molar-refractivity contribution in [1.29, 1.82) is 0 Å². The molecule has 0 radical (unpaired) electrons. The van der Waals surface area contributed by atoms with Crippen molar-refractivity contribution in [3.63, 3.8) is 0 Å². The van der Waals surface area contributed by atoms with Crippen molar-refractivity contribution < 1.29 is 5.11 Å². The molecule has 0 bridgehead atoms. The molecule has 0 saturated heterocycles. The zero-order chi connectivity index (χ0) is 10.3. The summed E-state index contributed by atoms with van der Waals surface area (Å²) in [5.41, 5.74) is 3.82. The fraction of sp³-hybridized carbons (Fsp3) is 0.400. The van der Waals surface area contributed by atoms with E-state index in [9.17, 15) is 5.11 Å². The Bertz CT molecular complexity index is 464. The van der Waals surface area contributed by atoms with E-state index in [0.29, 0.717) is 0 Å². The highest BCUT2D eigenvalue weighted by molar-refractivity contribution is 7.15. The second kappa shape index (κ2) is 3.66. The largest absolute Gasteiger partial charge is 0.388 e. The van der Waals surface area contributed by atoms with E-state index >= 15 is 0 Å². The zero-order valence-corrected chi connectivity index (χ0v) is 9.64. The van der Waals surface area contributed by atoms with Gasteiger partial charge in [-0.2, -0.15) is 0 Å². The minimum absolute atomic E-state index is 0.307. The first-order chi connectivity index (χ1) is 7.34. The lowest BCUT2D eigenvalue weighted by molar-refractivity contribution is 0.160. The van der Waals surface area contributed by atoms with E-state index < -0.39 is 0 Å². The van der Waals surface area contributed by atoms with Crippen LogP contribution in [0.1, 0.15) is 29.5 Å². The molecule has 0 aromatic carbocycles. The van der Waals surface area contributed by atoms with Crippen molar-refractivity contribution in [3.8, 4) is 10.7 Å². The normalized spacial score (nSPS) is 20.2. The van der Waals surface area contributed by atoms with Crippen LogP contribution in [0.2, 0.25) is 0 Å². The summed E-state index contributed by atoms with van der Waals surface area (Å²) in [4.78, 5) is 9.83. The van der Waals surface area contributed by atoms with E-state index in [-0.39, 0.29) is 6.10 Å². The van der Waals surface area contributed by atoms with Gasteiger partial charge in [-0.05, 0) is 19.3 Å². The number of hydrogen-bond acceptors (Lipinski definition) is 5. The van der Waals surface area contributed by atoms with E-state index in [1.807, 2.05) is 10.9 Å². The molecule has 5 heteroatoms. The Hall–Kier alpha value is -0.780. The van der Waals surface area contributed by atoms with Gasteiger partial charge in [0.25, 0.3) is 0 Å². The van der Waals surface area contributed by atoms with Crippen molar-refractivity contribution in [1.82, 2.24) is 9.97 Å². The van der Waals surface area contributed by atoms with E-state index in [1.54, 1.807) is 22.7 Å². The van der Waals surface area contributed by atoms with Gasteiger partial charge < -0.3 is 5.11 Å². The Balaban J connectivity index is 2.06. The monoisotopic (exact) mass is 238 g/mol. The van der Waals surface area contributed by atoms with Gasteiger partial charge in [-0.1, -0.05) is 0 Å². The van der Waals surface area contributed by atoms with Crippen LogP contribution in [0.5, 0.6) is 0 Å². The Morgan fingerprint density at radius 3 is 3.13 bits per heavy atom. The number of thiazole rings is 2. The van der Waals surface area contributed by atoms with Crippen LogP contribution in [0.15, 0.2) is 10.9 Å². The molecule has 2 heterocycles. The molecule has 78 valence electrons. The molecule has 3 nitrogen and oxygen atoms in total. The van der Waals surface area contributed by atoms with Crippen LogP contribution >= 0.6 is 22.7 Å². The summed E-state index contributed by atoms with van der Waals surface area (Å²) in [5.74, 6) is 0. The lowest BCUT2D eigenvalue weighted by Crippen LogP contribution is -2.06. The molecule has 1 N–H and O–H groups in total. The third-order valence-electron chi connectivity index (χ3n) is 2.57. The minimum atomic E-state index is -0.307. The molecule has 1 atom stereocenters. The summed E-state index contributed by atoms with van der Waals surface area (Å²) in [7, 11) is 0. The highest BCUT2D eigenvalue weighted by Gasteiger charge is 2.23. The molecular formula is C10H10N2OS2. The highest BCUT2D eigenvalue weighted by atomic mass is 32.1. The van der Waals surface area contributed by atoms with Crippen LogP contribution in [-0.4, -0.2) is 15.1 Å². The fourth-order valence-corrected chi connectivity index (χ4v) is 3.54. The maximum Gasteiger partial charge on any atom is 0.143 e. The highest BCUT2D eigenvalue weighted by Crippen LogP contribution is 2.37. The van der Waals surface area contributed by atoms with Crippen LogP contribution in [0.25, 0.3) is 10.7 Å². The maximum atomic E-state index is 9.82. The Morgan fingerprint density at radius 2 is 2.40 bits per heavy atom. The third-order valence-corrected chi connectivity index (χ3v) is 4.38. The molecule has 0 aliphatic heterocycles. The minimum Gasteiger partial charge on any atom is -0.388 e. The number of nitrogens with zero attached hydrogens (tertiary/aromatic N) is 2. The average Bonchev–Trinajstić information content (AvgIpc) is 2.86. The summed E-state index contributed by atoms with van der Waals surface area (Å²) in [6, 6.07) is 0. The number of rotatable bonds is 1. The van der Waals surface area contributed by atoms with Gasteiger partial charge in [0.15, 0.2) is 0 Å². The van der Waals surface area contributed by atoms with Gasteiger partial charge >= 0.3 is 0 Å². The van der Waals surface area contributed by atoms with Crippen LogP contribution < -0.4 is 0 Å². The van der Waals surface area contributed by atoms with E-state index in [2.05, 4.69) is 9.97 Å². The molecule has 2 aromatic heterocycles. The predicted molar refractivity (Wildman–Crippen MR) is 61.1 cm³/mol. The van der Waals surface area contributed by atoms with Crippen LogP contribution in [0, 0.1) is 0 Å². The topological polar surface area (TPSA) is 46.0 Å². The van der Waals surface area contributed by atoms with Crippen LogP contribution in [-0.2, 0) is 6.42 Å². The number of aryl methyl sites for hydroxylation is 1. The predicted octanol–water partition coefficient (Wildman–Crippen LogP) is 2.64. The first-order valence-corrected chi connectivity index (χ1v) is 6.67.